The predicted molar refractivity (Wildman–Crippen MR) is 91.2 cm³/mol. The fourth-order valence-electron chi connectivity index (χ4n) is 3.34. The molecule has 1 aliphatic carbocycles. The van der Waals surface area contributed by atoms with E-state index in [-0.39, 0.29) is 5.56 Å². The van der Waals surface area contributed by atoms with Crippen molar-refractivity contribution in [2.45, 2.75) is 49.8 Å². The Bertz CT molecular complexity index is 760. The van der Waals surface area contributed by atoms with Gasteiger partial charge < -0.3 is 4.74 Å². The molecule has 1 fully saturated rings. The first-order chi connectivity index (χ1) is 10.7. The normalized spacial score (nSPS) is 21.4. The van der Waals surface area contributed by atoms with Gasteiger partial charge in [0.1, 0.15) is 4.83 Å². The Morgan fingerprint density at radius 1 is 1.36 bits per heavy atom. The molecular weight excluding hydrogens is 316 g/mol. The number of nitrogens with zero attached hydrogens (tertiary/aromatic N) is 2. The average Bonchev–Trinajstić information content (AvgIpc) is 3.11. The first-order valence-electron chi connectivity index (χ1n) is 7.99. The molecule has 2 aromatic heterocycles. The van der Waals surface area contributed by atoms with Crippen molar-refractivity contribution >= 4 is 33.3 Å². The lowest BCUT2D eigenvalue weighted by Gasteiger charge is -2.22. The fraction of sp³-hybridized carbons (Fsp3) is 0.625. The standard InChI is InChI=1S/C16H20N2O2S2/c1-18-15(19)13-11-6-4-7-12(11)22-14(13)17-16(18)21-9-10-5-2-3-8-20-10/h10H,2-9H2,1H3/t10-/m0/s1. The lowest BCUT2D eigenvalue weighted by atomic mass is 10.1. The molecule has 0 aromatic carbocycles. The van der Waals surface area contributed by atoms with Crippen LogP contribution in [0.15, 0.2) is 9.95 Å². The number of thioether (sulfide) groups is 1. The number of hydrogen-bond donors (Lipinski definition) is 0. The summed E-state index contributed by atoms with van der Waals surface area (Å²) in [6, 6.07) is 0. The largest absolute Gasteiger partial charge is 0.377 e. The molecule has 0 unspecified atom stereocenters. The first-order valence-corrected chi connectivity index (χ1v) is 9.80. The third kappa shape index (κ3) is 2.51. The Hall–Kier alpha value is -0.850. The molecule has 1 aliphatic heterocycles. The number of thiophene rings is 1. The molecule has 0 bridgehead atoms. The summed E-state index contributed by atoms with van der Waals surface area (Å²) in [5, 5.41) is 1.70. The summed E-state index contributed by atoms with van der Waals surface area (Å²) in [6.45, 7) is 0.869. The van der Waals surface area contributed by atoms with E-state index in [1.807, 2.05) is 7.05 Å². The zero-order chi connectivity index (χ0) is 15.1. The molecule has 6 heteroatoms. The van der Waals surface area contributed by atoms with Gasteiger partial charge >= 0.3 is 0 Å². The van der Waals surface area contributed by atoms with E-state index in [9.17, 15) is 4.79 Å². The lowest BCUT2D eigenvalue weighted by molar-refractivity contribution is 0.0315. The van der Waals surface area contributed by atoms with Crippen LogP contribution >= 0.6 is 23.1 Å². The van der Waals surface area contributed by atoms with Gasteiger partial charge in [0.25, 0.3) is 5.56 Å². The molecule has 4 nitrogen and oxygen atoms in total. The van der Waals surface area contributed by atoms with Gasteiger partial charge in [-0.15, -0.1) is 11.3 Å². The monoisotopic (exact) mass is 336 g/mol. The van der Waals surface area contributed by atoms with Crippen LogP contribution in [0.3, 0.4) is 0 Å². The van der Waals surface area contributed by atoms with Gasteiger partial charge in [-0.1, -0.05) is 11.8 Å². The minimum Gasteiger partial charge on any atom is -0.377 e. The van der Waals surface area contributed by atoms with Crippen LogP contribution in [-0.2, 0) is 24.6 Å². The summed E-state index contributed by atoms with van der Waals surface area (Å²) >= 11 is 3.37. The fourth-order valence-corrected chi connectivity index (χ4v) is 5.68. The highest BCUT2D eigenvalue weighted by Gasteiger charge is 2.23. The summed E-state index contributed by atoms with van der Waals surface area (Å²) < 4.78 is 7.50. The third-order valence-corrected chi connectivity index (χ3v) is 6.93. The van der Waals surface area contributed by atoms with E-state index in [4.69, 9.17) is 9.72 Å². The van der Waals surface area contributed by atoms with E-state index < -0.39 is 0 Å². The third-order valence-electron chi connectivity index (χ3n) is 4.58. The average molecular weight is 336 g/mol. The van der Waals surface area contributed by atoms with Crippen LogP contribution in [0.25, 0.3) is 10.2 Å². The SMILES string of the molecule is Cn1c(SC[C@@H]2CCCCO2)nc2sc3c(c2c1=O)CCC3. The van der Waals surface area contributed by atoms with Crippen molar-refractivity contribution in [3.05, 3.63) is 20.8 Å². The summed E-state index contributed by atoms with van der Waals surface area (Å²) in [5.41, 5.74) is 1.39. The number of fused-ring (bicyclic) bond motifs is 3. The number of aryl methyl sites for hydroxylation is 2. The van der Waals surface area contributed by atoms with Gasteiger partial charge in [0.2, 0.25) is 0 Å². The van der Waals surface area contributed by atoms with Crippen molar-refractivity contribution in [3.8, 4) is 0 Å². The second-order valence-corrected chi connectivity index (χ2v) is 8.17. The van der Waals surface area contributed by atoms with Crippen molar-refractivity contribution in [3.63, 3.8) is 0 Å². The molecule has 1 saturated heterocycles. The van der Waals surface area contributed by atoms with E-state index in [1.165, 1.54) is 29.7 Å². The second-order valence-electron chi connectivity index (χ2n) is 6.10. The smallest absolute Gasteiger partial charge is 0.262 e. The summed E-state index contributed by atoms with van der Waals surface area (Å²) in [7, 11) is 1.85. The van der Waals surface area contributed by atoms with E-state index in [1.54, 1.807) is 27.7 Å². The van der Waals surface area contributed by atoms with Gasteiger partial charge in [0.15, 0.2) is 5.16 Å². The van der Waals surface area contributed by atoms with Gasteiger partial charge in [0, 0.05) is 24.3 Å². The van der Waals surface area contributed by atoms with E-state index in [0.29, 0.717) is 6.10 Å². The molecule has 4 rings (SSSR count). The quantitative estimate of drug-likeness (QED) is 0.638. The summed E-state index contributed by atoms with van der Waals surface area (Å²) in [6.07, 6.45) is 7.16. The molecule has 118 valence electrons. The highest BCUT2D eigenvalue weighted by atomic mass is 32.2. The van der Waals surface area contributed by atoms with Gasteiger partial charge in [-0.2, -0.15) is 0 Å². The second kappa shape index (κ2) is 5.98. The Labute approximate surface area is 137 Å². The lowest BCUT2D eigenvalue weighted by Crippen LogP contribution is -2.23. The highest BCUT2D eigenvalue weighted by molar-refractivity contribution is 7.99. The van der Waals surface area contributed by atoms with Crippen molar-refractivity contribution in [2.75, 3.05) is 12.4 Å². The maximum atomic E-state index is 12.7. The minimum absolute atomic E-state index is 0.122. The van der Waals surface area contributed by atoms with E-state index >= 15 is 0 Å². The molecule has 1 atom stereocenters. The van der Waals surface area contributed by atoms with Crippen LogP contribution < -0.4 is 5.56 Å². The molecule has 2 aromatic rings. The van der Waals surface area contributed by atoms with Crippen LogP contribution in [0.4, 0.5) is 0 Å². The number of rotatable bonds is 3. The maximum absolute atomic E-state index is 12.7. The van der Waals surface area contributed by atoms with Crippen LogP contribution in [-0.4, -0.2) is 28.0 Å². The number of ether oxygens (including phenoxy) is 1. The molecule has 0 spiro atoms. The van der Waals surface area contributed by atoms with Crippen molar-refractivity contribution in [1.29, 1.82) is 0 Å². The molecule has 3 heterocycles. The maximum Gasteiger partial charge on any atom is 0.262 e. The van der Waals surface area contributed by atoms with Crippen LogP contribution in [0.1, 0.15) is 36.1 Å². The molecule has 2 aliphatic rings. The first kappa shape index (κ1) is 14.7. The molecular formula is C16H20N2O2S2. The van der Waals surface area contributed by atoms with Crippen LogP contribution in [0.2, 0.25) is 0 Å². The minimum atomic E-state index is 0.122. The zero-order valence-electron chi connectivity index (χ0n) is 12.8. The zero-order valence-corrected chi connectivity index (χ0v) is 14.4. The van der Waals surface area contributed by atoms with E-state index in [0.717, 1.165) is 47.0 Å². The molecule has 0 amide bonds. The van der Waals surface area contributed by atoms with Crippen molar-refractivity contribution < 1.29 is 4.74 Å². The van der Waals surface area contributed by atoms with Crippen molar-refractivity contribution in [2.24, 2.45) is 7.05 Å². The van der Waals surface area contributed by atoms with Gasteiger partial charge in [-0.05, 0) is 44.1 Å². The highest BCUT2D eigenvalue weighted by Crippen LogP contribution is 2.35. The predicted octanol–water partition coefficient (Wildman–Crippen LogP) is 3.14. The number of hydrogen-bond acceptors (Lipinski definition) is 5. The van der Waals surface area contributed by atoms with Gasteiger partial charge in [-0.3, -0.25) is 9.36 Å². The van der Waals surface area contributed by atoms with Crippen LogP contribution in [0, 0.1) is 0 Å². The molecule has 0 saturated carbocycles. The molecule has 22 heavy (non-hydrogen) atoms. The Morgan fingerprint density at radius 3 is 3.09 bits per heavy atom. The summed E-state index contributed by atoms with van der Waals surface area (Å²) in [5.74, 6) is 0.886. The molecule has 0 radical (unpaired) electrons. The Morgan fingerprint density at radius 2 is 2.27 bits per heavy atom. The van der Waals surface area contributed by atoms with E-state index in [2.05, 4.69) is 0 Å². The van der Waals surface area contributed by atoms with Gasteiger partial charge in [-0.25, -0.2) is 4.98 Å². The van der Waals surface area contributed by atoms with Crippen LogP contribution in [0.5, 0.6) is 0 Å². The number of aromatic nitrogens is 2. The summed E-state index contributed by atoms with van der Waals surface area (Å²) in [4.78, 5) is 19.8. The Kier molecular flexibility index (Phi) is 4.00. The topological polar surface area (TPSA) is 44.1 Å². The van der Waals surface area contributed by atoms with Gasteiger partial charge in [0.05, 0.1) is 11.5 Å². The van der Waals surface area contributed by atoms with Crippen molar-refractivity contribution in [1.82, 2.24) is 9.55 Å². The molecule has 0 N–H and O–H groups in total. The Balaban J connectivity index is 1.64.